The van der Waals surface area contributed by atoms with Crippen LogP contribution in [0.25, 0.3) is 0 Å². The molecule has 3 amide bonds. The normalized spacial score (nSPS) is 17.9. The molecule has 2 aliphatic rings. The summed E-state index contributed by atoms with van der Waals surface area (Å²) in [6.45, 7) is 4.08. The second-order valence-corrected chi connectivity index (χ2v) is 10.1. The first-order valence-electron chi connectivity index (χ1n) is 10.2. The van der Waals surface area contributed by atoms with Gasteiger partial charge in [0.2, 0.25) is 0 Å². The van der Waals surface area contributed by atoms with Gasteiger partial charge in [0.15, 0.2) is 0 Å². The maximum Gasteiger partial charge on any atom is 0.321 e. The monoisotopic (exact) mass is 441 g/mol. The van der Waals surface area contributed by atoms with Gasteiger partial charge in [-0.25, -0.2) is 4.79 Å². The first-order chi connectivity index (χ1) is 14.5. The third-order valence-corrected chi connectivity index (χ3v) is 8.16. The van der Waals surface area contributed by atoms with Crippen LogP contribution >= 0.6 is 23.5 Å². The van der Waals surface area contributed by atoms with E-state index in [0.717, 1.165) is 42.0 Å². The Morgan fingerprint density at radius 1 is 1.07 bits per heavy atom. The molecule has 4 rings (SSSR count). The molecule has 0 aromatic heterocycles. The van der Waals surface area contributed by atoms with Crippen LogP contribution in [0.5, 0.6) is 0 Å². The van der Waals surface area contributed by atoms with E-state index in [1.165, 1.54) is 4.90 Å². The number of nitrogens with zero attached hydrogens (tertiary/aromatic N) is 2. The van der Waals surface area contributed by atoms with Crippen LogP contribution in [0.1, 0.15) is 28.8 Å². The van der Waals surface area contributed by atoms with Crippen LogP contribution in [0.4, 0.5) is 10.5 Å². The molecule has 0 atom stereocenters. The van der Waals surface area contributed by atoms with E-state index >= 15 is 0 Å². The molecule has 2 fully saturated rings. The molecular weight excluding hydrogens is 414 g/mol. The Labute approximate surface area is 186 Å². The van der Waals surface area contributed by atoms with E-state index in [0.29, 0.717) is 13.1 Å². The van der Waals surface area contributed by atoms with Crippen molar-refractivity contribution in [2.24, 2.45) is 0 Å². The van der Waals surface area contributed by atoms with Gasteiger partial charge in [-0.15, -0.1) is 23.5 Å². The third-order valence-electron chi connectivity index (χ3n) is 5.86. The van der Waals surface area contributed by atoms with E-state index in [4.69, 9.17) is 0 Å². The number of likely N-dealkylation sites (tertiary alicyclic amines) is 1. The molecule has 0 unspecified atom stereocenters. The minimum absolute atomic E-state index is 0.0682. The van der Waals surface area contributed by atoms with Crippen LogP contribution in [-0.2, 0) is 0 Å². The number of thioether (sulfide) groups is 2. The van der Waals surface area contributed by atoms with Gasteiger partial charge in [0, 0.05) is 41.5 Å². The Balaban J connectivity index is 1.39. The largest absolute Gasteiger partial charge is 0.324 e. The fourth-order valence-corrected chi connectivity index (χ4v) is 6.04. The van der Waals surface area contributed by atoms with Crippen molar-refractivity contribution in [1.82, 2.24) is 9.80 Å². The van der Waals surface area contributed by atoms with Crippen LogP contribution in [0.2, 0.25) is 0 Å². The van der Waals surface area contributed by atoms with Crippen molar-refractivity contribution in [2.75, 3.05) is 37.0 Å². The van der Waals surface area contributed by atoms with Crippen molar-refractivity contribution in [1.29, 1.82) is 0 Å². The van der Waals surface area contributed by atoms with Crippen LogP contribution < -0.4 is 5.32 Å². The van der Waals surface area contributed by atoms with Crippen LogP contribution in [0.3, 0.4) is 0 Å². The van der Waals surface area contributed by atoms with Crippen molar-refractivity contribution in [3.05, 3.63) is 59.7 Å². The molecule has 1 N–H and O–H groups in total. The van der Waals surface area contributed by atoms with E-state index in [-0.39, 0.29) is 16.8 Å². The predicted octanol–water partition coefficient (Wildman–Crippen LogP) is 4.93. The highest BCUT2D eigenvalue weighted by molar-refractivity contribution is 8.00. The summed E-state index contributed by atoms with van der Waals surface area (Å²) in [6.07, 6.45) is 3.63. The molecule has 2 aromatic carbocycles. The lowest BCUT2D eigenvalue weighted by atomic mass is 10.0. The van der Waals surface area contributed by atoms with E-state index in [9.17, 15) is 9.59 Å². The molecule has 1 spiro atoms. The van der Waals surface area contributed by atoms with Crippen LogP contribution in [-0.4, -0.2) is 58.3 Å². The Morgan fingerprint density at radius 3 is 2.47 bits per heavy atom. The number of rotatable bonds is 3. The Kier molecular flexibility index (Phi) is 6.29. The smallest absolute Gasteiger partial charge is 0.321 e. The van der Waals surface area contributed by atoms with Crippen molar-refractivity contribution >= 4 is 41.1 Å². The summed E-state index contributed by atoms with van der Waals surface area (Å²) >= 11 is 3.55. The van der Waals surface area contributed by atoms with Gasteiger partial charge in [0.1, 0.15) is 0 Å². The lowest BCUT2D eigenvalue weighted by Gasteiger charge is -2.44. The molecule has 2 saturated heterocycles. The standard InChI is InChI=1S/C23H27N3O2S2/c1-17-4-3-5-18(16-17)21(27)26-14-15-30-23(26)10-12-25(13-11-23)22(28)24-19-6-8-20(29-2)9-7-19/h3-9,16H,10-15H2,1-2H3,(H,24,28). The maximum absolute atomic E-state index is 13.2. The quantitative estimate of drug-likeness (QED) is 0.686. The first kappa shape index (κ1) is 21.1. The van der Waals surface area contributed by atoms with Gasteiger partial charge in [-0.2, -0.15) is 0 Å². The highest BCUT2D eigenvalue weighted by Gasteiger charge is 2.47. The van der Waals surface area contributed by atoms with Crippen molar-refractivity contribution in [3.63, 3.8) is 0 Å². The molecule has 7 heteroatoms. The number of aryl methyl sites for hydroxylation is 1. The van der Waals surface area contributed by atoms with Gasteiger partial charge in [-0.1, -0.05) is 17.7 Å². The average molecular weight is 442 g/mol. The average Bonchev–Trinajstić information content (AvgIpc) is 3.17. The van der Waals surface area contributed by atoms with Gasteiger partial charge < -0.3 is 15.1 Å². The highest BCUT2D eigenvalue weighted by atomic mass is 32.2. The minimum Gasteiger partial charge on any atom is -0.324 e. The zero-order chi connectivity index (χ0) is 21.1. The number of anilines is 1. The SMILES string of the molecule is CSc1ccc(NC(=O)N2CCC3(CC2)SCCN3C(=O)c2cccc(C)c2)cc1. The third kappa shape index (κ3) is 4.32. The number of carbonyl (C=O) groups is 2. The Morgan fingerprint density at radius 2 is 1.80 bits per heavy atom. The zero-order valence-electron chi connectivity index (χ0n) is 17.4. The number of hydrogen-bond donors (Lipinski definition) is 1. The molecular formula is C23H27N3O2S2. The maximum atomic E-state index is 13.2. The van der Waals surface area contributed by atoms with Gasteiger partial charge in [-0.05, 0) is 62.4 Å². The van der Waals surface area contributed by atoms with Gasteiger partial charge >= 0.3 is 6.03 Å². The molecule has 158 valence electrons. The van der Waals surface area contributed by atoms with E-state index in [1.807, 2.05) is 83.3 Å². The van der Waals surface area contributed by atoms with Gasteiger partial charge in [-0.3, -0.25) is 4.79 Å². The van der Waals surface area contributed by atoms with Crippen molar-refractivity contribution < 1.29 is 9.59 Å². The summed E-state index contributed by atoms with van der Waals surface area (Å²) in [6, 6.07) is 15.6. The summed E-state index contributed by atoms with van der Waals surface area (Å²) in [7, 11) is 0. The number of hydrogen-bond acceptors (Lipinski definition) is 4. The van der Waals surface area contributed by atoms with Crippen LogP contribution in [0.15, 0.2) is 53.4 Å². The molecule has 2 aromatic rings. The minimum atomic E-state index is -0.197. The lowest BCUT2D eigenvalue weighted by Crippen LogP contribution is -2.54. The number of urea groups is 1. The van der Waals surface area contributed by atoms with Crippen molar-refractivity contribution in [3.8, 4) is 0 Å². The Bertz CT molecular complexity index is 924. The fraction of sp³-hybridized carbons (Fsp3) is 0.391. The molecule has 2 heterocycles. The number of nitrogens with one attached hydrogen (secondary N) is 1. The summed E-state index contributed by atoms with van der Waals surface area (Å²) in [5.74, 6) is 1.06. The molecule has 0 bridgehead atoms. The van der Waals surface area contributed by atoms with Gasteiger partial charge in [0.05, 0.1) is 4.87 Å². The summed E-state index contributed by atoms with van der Waals surface area (Å²) in [5.41, 5.74) is 2.66. The van der Waals surface area contributed by atoms with E-state index in [2.05, 4.69) is 5.32 Å². The molecule has 2 aliphatic heterocycles. The second kappa shape index (κ2) is 8.94. The lowest BCUT2D eigenvalue weighted by molar-refractivity contribution is 0.0585. The number of amides is 3. The Hall–Kier alpha value is -2.12. The molecule has 0 radical (unpaired) electrons. The molecule has 0 saturated carbocycles. The van der Waals surface area contributed by atoms with E-state index in [1.54, 1.807) is 11.8 Å². The molecule has 0 aliphatic carbocycles. The zero-order valence-corrected chi connectivity index (χ0v) is 19.0. The topological polar surface area (TPSA) is 52.7 Å². The first-order valence-corrected chi connectivity index (χ1v) is 12.4. The highest BCUT2D eigenvalue weighted by Crippen LogP contribution is 2.44. The second-order valence-electron chi connectivity index (χ2n) is 7.77. The summed E-state index contributed by atoms with van der Waals surface area (Å²) < 4.78 is 0. The molecule has 30 heavy (non-hydrogen) atoms. The predicted molar refractivity (Wildman–Crippen MR) is 125 cm³/mol. The number of benzene rings is 2. The summed E-state index contributed by atoms with van der Waals surface area (Å²) in [4.78, 5) is 30.8. The van der Waals surface area contributed by atoms with Crippen LogP contribution in [0, 0.1) is 6.92 Å². The van der Waals surface area contributed by atoms with Crippen molar-refractivity contribution in [2.45, 2.75) is 29.5 Å². The molecule has 5 nitrogen and oxygen atoms in total. The fourth-order valence-electron chi connectivity index (χ4n) is 4.18. The number of piperidine rings is 1. The summed E-state index contributed by atoms with van der Waals surface area (Å²) in [5, 5.41) is 3.00. The van der Waals surface area contributed by atoms with Gasteiger partial charge in [0.25, 0.3) is 5.91 Å². The van der Waals surface area contributed by atoms with E-state index < -0.39 is 0 Å². The number of carbonyl (C=O) groups excluding carboxylic acids is 2.